The average Bonchev–Trinajstić information content (AvgIpc) is 3.09. The Bertz CT molecular complexity index is 980. The molecule has 0 radical (unpaired) electrons. The van der Waals surface area contributed by atoms with Crippen LogP contribution in [0, 0.1) is 6.92 Å². The number of benzene rings is 2. The molecule has 7 heteroatoms. The molecule has 138 valence electrons. The summed E-state index contributed by atoms with van der Waals surface area (Å²) in [5.74, 6) is -0.118. The maximum atomic E-state index is 12.8. The van der Waals surface area contributed by atoms with E-state index in [4.69, 9.17) is 4.74 Å². The number of carbonyl (C=O) groups excluding carboxylic acids is 2. The van der Waals surface area contributed by atoms with E-state index in [0.717, 1.165) is 5.69 Å². The van der Waals surface area contributed by atoms with Crippen LogP contribution in [-0.2, 0) is 0 Å². The van der Waals surface area contributed by atoms with Gasteiger partial charge in [0.15, 0.2) is 0 Å². The van der Waals surface area contributed by atoms with E-state index in [2.05, 4.69) is 15.7 Å². The SMILES string of the molecule is CNC(=O)c1ccc(OC)c(NC(=O)c2cnn(-c3ccccc3)c2C)c1. The van der Waals surface area contributed by atoms with E-state index in [0.29, 0.717) is 28.3 Å². The van der Waals surface area contributed by atoms with E-state index in [1.54, 1.807) is 29.9 Å². The third kappa shape index (κ3) is 3.67. The summed E-state index contributed by atoms with van der Waals surface area (Å²) in [6.45, 7) is 1.83. The smallest absolute Gasteiger partial charge is 0.259 e. The van der Waals surface area contributed by atoms with Crippen LogP contribution >= 0.6 is 0 Å². The summed E-state index contributed by atoms with van der Waals surface area (Å²) in [6.07, 6.45) is 1.52. The van der Waals surface area contributed by atoms with E-state index in [1.165, 1.54) is 13.3 Å². The predicted molar refractivity (Wildman–Crippen MR) is 103 cm³/mol. The van der Waals surface area contributed by atoms with Gasteiger partial charge in [0.1, 0.15) is 5.75 Å². The van der Waals surface area contributed by atoms with Gasteiger partial charge in [-0.15, -0.1) is 0 Å². The first-order valence-corrected chi connectivity index (χ1v) is 8.36. The Kier molecular flexibility index (Phi) is 5.21. The lowest BCUT2D eigenvalue weighted by Crippen LogP contribution is -2.19. The molecule has 0 aliphatic rings. The molecule has 0 atom stereocenters. The Morgan fingerprint density at radius 1 is 1.07 bits per heavy atom. The molecular formula is C20H20N4O3. The van der Waals surface area contributed by atoms with Crippen molar-refractivity contribution in [3.8, 4) is 11.4 Å². The molecule has 3 aromatic rings. The number of aromatic nitrogens is 2. The fraction of sp³-hybridized carbons (Fsp3) is 0.150. The Labute approximate surface area is 157 Å². The zero-order chi connectivity index (χ0) is 19.4. The van der Waals surface area contributed by atoms with E-state index in [1.807, 2.05) is 37.3 Å². The minimum Gasteiger partial charge on any atom is -0.495 e. The number of amides is 2. The first-order valence-electron chi connectivity index (χ1n) is 8.36. The summed E-state index contributed by atoms with van der Waals surface area (Å²) in [5.41, 5.74) is 2.85. The van der Waals surface area contributed by atoms with Crippen molar-refractivity contribution >= 4 is 17.5 Å². The van der Waals surface area contributed by atoms with Gasteiger partial charge in [0.05, 0.1) is 35.9 Å². The summed E-state index contributed by atoms with van der Waals surface area (Å²) < 4.78 is 6.99. The van der Waals surface area contributed by atoms with Crippen LogP contribution in [0.3, 0.4) is 0 Å². The lowest BCUT2D eigenvalue weighted by molar-refractivity contribution is 0.0961. The number of rotatable bonds is 5. The molecule has 2 N–H and O–H groups in total. The zero-order valence-corrected chi connectivity index (χ0v) is 15.3. The van der Waals surface area contributed by atoms with E-state index in [9.17, 15) is 9.59 Å². The monoisotopic (exact) mass is 364 g/mol. The van der Waals surface area contributed by atoms with Crippen molar-refractivity contribution in [2.75, 3.05) is 19.5 Å². The van der Waals surface area contributed by atoms with Crippen LogP contribution in [-0.4, -0.2) is 35.8 Å². The van der Waals surface area contributed by atoms with Crippen molar-refractivity contribution in [2.24, 2.45) is 0 Å². The molecule has 3 rings (SSSR count). The predicted octanol–water partition coefficient (Wildman–Crippen LogP) is 2.80. The highest BCUT2D eigenvalue weighted by atomic mass is 16.5. The van der Waals surface area contributed by atoms with Crippen molar-refractivity contribution in [3.05, 3.63) is 71.5 Å². The van der Waals surface area contributed by atoms with Gasteiger partial charge in [-0.25, -0.2) is 4.68 Å². The molecule has 2 aromatic carbocycles. The average molecular weight is 364 g/mol. The molecule has 0 unspecified atom stereocenters. The Balaban J connectivity index is 1.90. The number of hydrogen-bond donors (Lipinski definition) is 2. The number of para-hydroxylation sites is 1. The Hall–Kier alpha value is -3.61. The van der Waals surface area contributed by atoms with Crippen molar-refractivity contribution in [2.45, 2.75) is 6.92 Å². The van der Waals surface area contributed by atoms with Crippen LogP contribution in [0.1, 0.15) is 26.4 Å². The number of hydrogen-bond acceptors (Lipinski definition) is 4. The van der Waals surface area contributed by atoms with Gasteiger partial charge in [-0.3, -0.25) is 9.59 Å². The number of ether oxygens (including phenoxy) is 1. The minimum absolute atomic E-state index is 0.249. The summed E-state index contributed by atoms with van der Waals surface area (Å²) in [5, 5.41) is 9.67. The Morgan fingerprint density at radius 2 is 1.81 bits per heavy atom. The summed E-state index contributed by atoms with van der Waals surface area (Å²) in [4.78, 5) is 24.6. The molecule has 0 aliphatic carbocycles. The van der Waals surface area contributed by atoms with Gasteiger partial charge >= 0.3 is 0 Å². The first kappa shape index (κ1) is 18.2. The van der Waals surface area contributed by atoms with Crippen molar-refractivity contribution < 1.29 is 14.3 Å². The highest BCUT2D eigenvalue weighted by molar-refractivity contribution is 6.06. The third-order valence-corrected chi connectivity index (χ3v) is 4.19. The zero-order valence-electron chi connectivity index (χ0n) is 15.3. The second-order valence-electron chi connectivity index (χ2n) is 5.84. The van der Waals surface area contributed by atoms with Gasteiger partial charge in [0.2, 0.25) is 0 Å². The molecular weight excluding hydrogens is 344 g/mol. The van der Waals surface area contributed by atoms with Gasteiger partial charge in [0.25, 0.3) is 11.8 Å². The van der Waals surface area contributed by atoms with Crippen LogP contribution in [0.2, 0.25) is 0 Å². The van der Waals surface area contributed by atoms with E-state index >= 15 is 0 Å². The molecule has 0 saturated carbocycles. The topological polar surface area (TPSA) is 85.2 Å². The molecule has 0 fully saturated rings. The molecule has 0 spiro atoms. The highest BCUT2D eigenvalue weighted by Crippen LogP contribution is 2.26. The number of nitrogens with one attached hydrogen (secondary N) is 2. The fourth-order valence-corrected chi connectivity index (χ4v) is 2.74. The van der Waals surface area contributed by atoms with Gasteiger partial charge in [-0.2, -0.15) is 5.10 Å². The normalized spacial score (nSPS) is 10.3. The van der Waals surface area contributed by atoms with E-state index in [-0.39, 0.29) is 11.8 Å². The quantitative estimate of drug-likeness (QED) is 0.729. The summed E-state index contributed by atoms with van der Waals surface area (Å²) >= 11 is 0. The lowest BCUT2D eigenvalue weighted by Gasteiger charge is -2.12. The first-order chi connectivity index (χ1) is 13.0. The molecule has 0 bridgehead atoms. The molecule has 1 heterocycles. The number of anilines is 1. The standard InChI is InChI=1S/C20H20N4O3/c1-13-16(12-22-24(13)15-7-5-4-6-8-15)20(26)23-17-11-14(19(25)21-2)9-10-18(17)27-3/h4-12H,1-3H3,(H,21,25)(H,23,26). The molecule has 1 aromatic heterocycles. The van der Waals surface area contributed by atoms with Crippen LogP contribution in [0.4, 0.5) is 5.69 Å². The minimum atomic E-state index is -0.331. The molecule has 0 aliphatic heterocycles. The fourth-order valence-electron chi connectivity index (χ4n) is 2.74. The molecule has 27 heavy (non-hydrogen) atoms. The van der Waals surface area contributed by atoms with Gasteiger partial charge in [-0.05, 0) is 37.3 Å². The largest absolute Gasteiger partial charge is 0.495 e. The number of methoxy groups -OCH3 is 1. The van der Waals surface area contributed by atoms with Crippen LogP contribution in [0.25, 0.3) is 5.69 Å². The second-order valence-corrected chi connectivity index (χ2v) is 5.84. The summed E-state index contributed by atoms with van der Waals surface area (Å²) in [6, 6.07) is 14.4. The van der Waals surface area contributed by atoms with Gasteiger partial charge in [0, 0.05) is 12.6 Å². The van der Waals surface area contributed by atoms with Crippen molar-refractivity contribution in [3.63, 3.8) is 0 Å². The van der Waals surface area contributed by atoms with Crippen LogP contribution in [0.5, 0.6) is 5.75 Å². The van der Waals surface area contributed by atoms with Crippen molar-refractivity contribution in [1.29, 1.82) is 0 Å². The highest BCUT2D eigenvalue weighted by Gasteiger charge is 2.18. The second kappa shape index (κ2) is 7.74. The number of nitrogens with zero attached hydrogens (tertiary/aromatic N) is 2. The maximum Gasteiger partial charge on any atom is 0.259 e. The van der Waals surface area contributed by atoms with E-state index < -0.39 is 0 Å². The molecule has 7 nitrogen and oxygen atoms in total. The van der Waals surface area contributed by atoms with Crippen molar-refractivity contribution in [1.82, 2.24) is 15.1 Å². The lowest BCUT2D eigenvalue weighted by atomic mass is 10.1. The third-order valence-electron chi connectivity index (χ3n) is 4.19. The maximum absolute atomic E-state index is 12.8. The molecule has 0 saturated heterocycles. The Morgan fingerprint density at radius 3 is 2.48 bits per heavy atom. The number of carbonyl (C=O) groups is 2. The van der Waals surface area contributed by atoms with Crippen LogP contribution in [0.15, 0.2) is 54.7 Å². The van der Waals surface area contributed by atoms with Gasteiger partial charge in [-0.1, -0.05) is 18.2 Å². The molecule has 2 amide bonds. The summed E-state index contributed by atoms with van der Waals surface area (Å²) in [7, 11) is 3.05. The van der Waals surface area contributed by atoms with Gasteiger partial charge < -0.3 is 15.4 Å². The van der Waals surface area contributed by atoms with Crippen LogP contribution < -0.4 is 15.4 Å².